The standard InChI is InChI=1S/C41H43F6N5O7/c42-16-19-57-27-21-25(40(55)51-32(12-1-3-17-48)35(53)23-58-38-28(43)8-5-9-29(38)44)20-26(22-27)49-18-4-2-13-33(52-41(56)34-14-7-15-37(47)50-34)36(54)24-59-39-30(45)10-6-11-31(39)46/h5-11,14-15,20-22,32-33,49H,1-4,12-13,16-19,23-24,48H2,(H,51,55)(H,52,56). The number of nitrogens with one attached hydrogen (secondary N) is 3. The lowest BCUT2D eigenvalue weighted by atomic mass is 10.0. The topological polar surface area (TPSA) is 171 Å². The Labute approximate surface area is 335 Å². The van der Waals surface area contributed by atoms with Crippen molar-refractivity contribution in [1.82, 2.24) is 15.6 Å². The van der Waals surface area contributed by atoms with Gasteiger partial charge in [-0.25, -0.2) is 26.9 Å². The zero-order valence-corrected chi connectivity index (χ0v) is 31.7. The van der Waals surface area contributed by atoms with Gasteiger partial charge in [0.2, 0.25) is 5.95 Å². The number of ether oxygens (including phenoxy) is 3. The molecule has 2 unspecified atom stereocenters. The number of halogens is 6. The summed E-state index contributed by atoms with van der Waals surface area (Å²) in [5.41, 5.74) is 5.67. The number of benzene rings is 3. The van der Waals surface area contributed by atoms with E-state index in [2.05, 4.69) is 20.9 Å². The van der Waals surface area contributed by atoms with Crippen LogP contribution in [0, 0.1) is 29.2 Å². The predicted octanol–water partition coefficient (Wildman–Crippen LogP) is 6.03. The van der Waals surface area contributed by atoms with Gasteiger partial charge in [-0.1, -0.05) is 18.2 Å². The molecule has 2 amide bonds. The molecular formula is C41H43F6N5O7. The molecule has 0 spiro atoms. The summed E-state index contributed by atoms with van der Waals surface area (Å²) in [4.78, 5) is 56.2. The molecule has 18 heteroatoms. The minimum Gasteiger partial charge on any atom is -0.491 e. The van der Waals surface area contributed by atoms with E-state index in [1.165, 1.54) is 30.3 Å². The second-order valence-electron chi connectivity index (χ2n) is 13.0. The summed E-state index contributed by atoms with van der Waals surface area (Å²) in [5, 5.41) is 8.20. The van der Waals surface area contributed by atoms with E-state index in [1.807, 2.05) is 0 Å². The normalized spacial score (nSPS) is 11.9. The van der Waals surface area contributed by atoms with Gasteiger partial charge >= 0.3 is 0 Å². The van der Waals surface area contributed by atoms with Crippen LogP contribution in [-0.2, 0) is 9.59 Å². The van der Waals surface area contributed by atoms with E-state index in [0.717, 1.165) is 42.5 Å². The average Bonchev–Trinajstić information content (AvgIpc) is 3.21. The summed E-state index contributed by atoms with van der Waals surface area (Å²) in [6.07, 6.45) is 1.76. The van der Waals surface area contributed by atoms with Crippen molar-refractivity contribution >= 4 is 29.1 Å². The van der Waals surface area contributed by atoms with E-state index in [1.54, 1.807) is 0 Å². The Balaban J connectivity index is 1.41. The lowest BCUT2D eigenvalue weighted by Crippen LogP contribution is -2.43. The summed E-state index contributed by atoms with van der Waals surface area (Å²) in [6.45, 7) is -2.15. The summed E-state index contributed by atoms with van der Waals surface area (Å²) in [5.74, 6) is -9.38. The number of amides is 2. The SMILES string of the molecule is NCCCCC(NC(=O)c1cc(NCCCCC(NC(=O)c2cccc(F)n2)C(=O)COc2c(F)cccc2F)cc(OCCF)c1)C(=O)COc1c(F)cccc1F. The highest BCUT2D eigenvalue weighted by molar-refractivity contribution is 5.99. The number of hydrogen-bond donors (Lipinski definition) is 4. The predicted molar refractivity (Wildman–Crippen MR) is 204 cm³/mol. The molecule has 0 aliphatic carbocycles. The van der Waals surface area contributed by atoms with Gasteiger partial charge < -0.3 is 35.9 Å². The van der Waals surface area contributed by atoms with Gasteiger partial charge in [0.05, 0.1) is 12.1 Å². The maximum Gasteiger partial charge on any atom is 0.270 e. The molecule has 2 atom stereocenters. The maximum absolute atomic E-state index is 14.1. The van der Waals surface area contributed by atoms with E-state index in [4.69, 9.17) is 19.9 Å². The fourth-order valence-corrected chi connectivity index (χ4v) is 5.64. The number of pyridine rings is 1. The number of Topliss-reactive ketones (excluding diaryl/α,β-unsaturated/α-hetero) is 2. The molecule has 0 saturated heterocycles. The first-order valence-electron chi connectivity index (χ1n) is 18.6. The molecule has 4 rings (SSSR count). The number of carbonyl (C=O) groups excluding carboxylic acids is 4. The first kappa shape index (κ1) is 45.5. The van der Waals surface area contributed by atoms with Crippen molar-refractivity contribution in [2.24, 2.45) is 5.73 Å². The van der Waals surface area contributed by atoms with E-state index >= 15 is 0 Å². The summed E-state index contributed by atoms with van der Waals surface area (Å²) >= 11 is 0. The van der Waals surface area contributed by atoms with Gasteiger partial charge in [-0.2, -0.15) is 4.39 Å². The number of para-hydroxylation sites is 2. The number of hydrogen-bond acceptors (Lipinski definition) is 10. The molecule has 0 aliphatic heterocycles. The Morgan fingerprint density at radius 1 is 0.661 bits per heavy atom. The Hall–Kier alpha value is -6.17. The van der Waals surface area contributed by atoms with Gasteiger partial charge in [-0.15, -0.1) is 0 Å². The fourth-order valence-electron chi connectivity index (χ4n) is 5.64. The molecule has 1 heterocycles. The van der Waals surface area contributed by atoms with Gasteiger partial charge in [0.25, 0.3) is 11.8 Å². The second-order valence-corrected chi connectivity index (χ2v) is 13.0. The van der Waals surface area contributed by atoms with Crippen LogP contribution in [-0.4, -0.2) is 80.0 Å². The largest absolute Gasteiger partial charge is 0.491 e. The molecule has 0 saturated carbocycles. The van der Waals surface area contributed by atoms with Crippen LogP contribution in [0.25, 0.3) is 0 Å². The average molecular weight is 832 g/mol. The van der Waals surface area contributed by atoms with E-state index < -0.39 is 96.1 Å². The van der Waals surface area contributed by atoms with Crippen LogP contribution >= 0.6 is 0 Å². The summed E-state index contributed by atoms with van der Waals surface area (Å²) in [6, 6.07) is 11.6. The number of alkyl halides is 1. The molecule has 316 valence electrons. The van der Waals surface area contributed by atoms with Crippen LogP contribution in [0.1, 0.15) is 59.4 Å². The number of rotatable bonds is 25. The van der Waals surface area contributed by atoms with Crippen molar-refractivity contribution < 1.29 is 59.7 Å². The second kappa shape index (κ2) is 23.3. The molecule has 0 bridgehead atoms. The number of anilines is 1. The number of nitrogens with zero attached hydrogens (tertiary/aromatic N) is 1. The van der Waals surface area contributed by atoms with Gasteiger partial charge in [-0.3, -0.25) is 19.2 Å². The van der Waals surface area contributed by atoms with Gasteiger partial charge in [0.1, 0.15) is 37.9 Å². The number of nitrogens with two attached hydrogens (primary N) is 1. The molecule has 59 heavy (non-hydrogen) atoms. The number of aromatic nitrogens is 1. The molecule has 1 aromatic heterocycles. The van der Waals surface area contributed by atoms with Crippen LogP contribution < -0.4 is 35.9 Å². The molecule has 0 radical (unpaired) electrons. The Morgan fingerprint density at radius 2 is 1.20 bits per heavy atom. The van der Waals surface area contributed by atoms with Crippen molar-refractivity contribution in [3.05, 3.63) is 113 Å². The monoisotopic (exact) mass is 831 g/mol. The lowest BCUT2D eigenvalue weighted by Gasteiger charge is -2.19. The first-order valence-corrected chi connectivity index (χ1v) is 18.6. The van der Waals surface area contributed by atoms with Crippen molar-refractivity contribution in [1.29, 1.82) is 0 Å². The smallest absolute Gasteiger partial charge is 0.270 e. The minimum atomic E-state index is -1.23. The number of unbranched alkanes of at least 4 members (excludes halogenated alkanes) is 2. The third kappa shape index (κ3) is 14.3. The van der Waals surface area contributed by atoms with E-state index in [9.17, 15) is 45.5 Å². The van der Waals surface area contributed by atoms with Gasteiger partial charge in [0, 0.05) is 23.9 Å². The zero-order valence-electron chi connectivity index (χ0n) is 31.7. The van der Waals surface area contributed by atoms with Gasteiger partial charge in [0.15, 0.2) is 46.3 Å². The lowest BCUT2D eigenvalue weighted by molar-refractivity contribution is -0.123. The van der Waals surface area contributed by atoms with Crippen molar-refractivity contribution in [3.8, 4) is 17.2 Å². The molecule has 0 aliphatic rings. The highest BCUT2D eigenvalue weighted by atomic mass is 19.2. The maximum atomic E-state index is 14.1. The minimum absolute atomic E-state index is 0.0187. The number of ketones is 2. The fraction of sp³-hybridized carbons (Fsp3) is 0.341. The van der Waals surface area contributed by atoms with Crippen LogP contribution in [0.2, 0.25) is 0 Å². The highest BCUT2D eigenvalue weighted by Gasteiger charge is 2.25. The van der Waals surface area contributed by atoms with Crippen LogP contribution in [0.4, 0.5) is 32.0 Å². The molecule has 4 aromatic rings. The molecule has 12 nitrogen and oxygen atoms in total. The molecule has 0 fully saturated rings. The van der Waals surface area contributed by atoms with Crippen molar-refractivity contribution in [2.75, 3.05) is 44.9 Å². The molecule has 5 N–H and O–H groups in total. The van der Waals surface area contributed by atoms with E-state index in [0.29, 0.717) is 31.5 Å². The van der Waals surface area contributed by atoms with E-state index in [-0.39, 0.29) is 49.4 Å². The zero-order chi connectivity index (χ0) is 42.7. The van der Waals surface area contributed by atoms with Gasteiger partial charge in [-0.05, 0) is 93.6 Å². The third-order valence-electron chi connectivity index (χ3n) is 8.60. The highest BCUT2D eigenvalue weighted by Crippen LogP contribution is 2.24. The molecule has 3 aromatic carbocycles. The van der Waals surface area contributed by atoms with Crippen LogP contribution in [0.5, 0.6) is 17.2 Å². The first-order chi connectivity index (χ1) is 28.4. The summed E-state index contributed by atoms with van der Waals surface area (Å²) < 4.78 is 98.8. The van der Waals surface area contributed by atoms with Crippen LogP contribution in [0.15, 0.2) is 72.8 Å². The third-order valence-corrected chi connectivity index (χ3v) is 8.60. The quantitative estimate of drug-likeness (QED) is 0.0352. The van der Waals surface area contributed by atoms with Crippen molar-refractivity contribution in [2.45, 2.75) is 50.6 Å². The Kier molecular flexibility index (Phi) is 18.0. The van der Waals surface area contributed by atoms with Crippen molar-refractivity contribution in [3.63, 3.8) is 0 Å². The Morgan fingerprint density at radius 3 is 1.75 bits per heavy atom. The van der Waals surface area contributed by atoms with Crippen LogP contribution in [0.3, 0.4) is 0 Å². The Bertz CT molecular complexity index is 2020. The molecular weight excluding hydrogens is 788 g/mol. The summed E-state index contributed by atoms with van der Waals surface area (Å²) in [7, 11) is 0. The number of carbonyl (C=O) groups is 4.